The molecule has 0 aromatic carbocycles. The van der Waals surface area contributed by atoms with Crippen LogP contribution < -0.4 is 5.32 Å². The molecule has 0 radical (unpaired) electrons. The SMILES string of the molecule is CCCNCc1cc(S(=O)(=O)N2CCS(=O)CC2)cn1C. The quantitative estimate of drug-likeness (QED) is 0.759. The highest BCUT2D eigenvalue weighted by molar-refractivity contribution is 7.89. The lowest BCUT2D eigenvalue weighted by Crippen LogP contribution is -2.41. The second kappa shape index (κ2) is 7.04. The third-order valence-electron chi connectivity index (χ3n) is 3.59. The first kappa shape index (κ1) is 16.7. The minimum Gasteiger partial charge on any atom is -0.352 e. The summed E-state index contributed by atoms with van der Waals surface area (Å²) >= 11 is 0. The molecule has 1 N–H and O–H groups in total. The Labute approximate surface area is 129 Å². The topological polar surface area (TPSA) is 71.4 Å². The average molecular weight is 333 g/mol. The highest BCUT2D eigenvalue weighted by Crippen LogP contribution is 2.20. The lowest BCUT2D eigenvalue weighted by atomic mass is 10.4. The molecule has 1 fully saturated rings. The van der Waals surface area contributed by atoms with Gasteiger partial charge in [0.05, 0.1) is 0 Å². The molecule has 2 rings (SSSR count). The molecule has 0 unspecified atom stereocenters. The fourth-order valence-corrected chi connectivity index (χ4v) is 5.12. The van der Waals surface area contributed by atoms with E-state index >= 15 is 0 Å². The first-order valence-corrected chi connectivity index (χ1v) is 10.1. The van der Waals surface area contributed by atoms with Crippen LogP contribution in [0.4, 0.5) is 0 Å². The summed E-state index contributed by atoms with van der Waals surface area (Å²) in [5, 5.41) is 3.27. The summed E-state index contributed by atoms with van der Waals surface area (Å²) in [6.45, 7) is 4.34. The van der Waals surface area contributed by atoms with Crippen LogP contribution in [-0.4, -0.2) is 52.6 Å². The van der Waals surface area contributed by atoms with Gasteiger partial charge in [-0.2, -0.15) is 4.31 Å². The predicted octanol–water partition coefficient (Wildman–Crippen LogP) is 0.278. The highest BCUT2D eigenvalue weighted by atomic mass is 32.2. The molecule has 0 spiro atoms. The molecular formula is C13H23N3O3S2. The maximum absolute atomic E-state index is 12.6. The maximum atomic E-state index is 12.6. The molecule has 0 amide bonds. The Bertz CT molecular complexity index is 600. The molecule has 1 saturated heterocycles. The van der Waals surface area contributed by atoms with E-state index in [1.54, 1.807) is 12.3 Å². The normalized spacial score (nSPS) is 18.2. The van der Waals surface area contributed by atoms with E-state index in [1.807, 2.05) is 11.6 Å². The molecule has 1 aliphatic rings. The van der Waals surface area contributed by atoms with E-state index in [9.17, 15) is 12.6 Å². The Morgan fingerprint density at radius 1 is 1.33 bits per heavy atom. The molecule has 1 aliphatic heterocycles. The van der Waals surface area contributed by atoms with E-state index < -0.39 is 20.8 Å². The van der Waals surface area contributed by atoms with Gasteiger partial charge in [0.15, 0.2) is 0 Å². The number of nitrogens with one attached hydrogen (secondary N) is 1. The number of hydrogen-bond acceptors (Lipinski definition) is 4. The van der Waals surface area contributed by atoms with Crippen molar-refractivity contribution < 1.29 is 12.6 Å². The second-order valence-corrected chi connectivity index (χ2v) is 8.84. The molecule has 0 aliphatic carbocycles. The second-order valence-electron chi connectivity index (χ2n) is 5.21. The van der Waals surface area contributed by atoms with E-state index in [-0.39, 0.29) is 0 Å². The van der Waals surface area contributed by atoms with E-state index in [2.05, 4.69) is 12.2 Å². The molecular weight excluding hydrogens is 310 g/mol. The van der Waals surface area contributed by atoms with Gasteiger partial charge in [-0.1, -0.05) is 6.92 Å². The zero-order valence-electron chi connectivity index (χ0n) is 12.5. The third kappa shape index (κ3) is 3.94. The van der Waals surface area contributed by atoms with Gasteiger partial charge in [0.1, 0.15) is 4.90 Å². The molecule has 6 nitrogen and oxygen atoms in total. The minimum atomic E-state index is -3.47. The summed E-state index contributed by atoms with van der Waals surface area (Å²) in [6, 6.07) is 1.73. The van der Waals surface area contributed by atoms with Crippen LogP contribution in [0.25, 0.3) is 0 Å². The smallest absolute Gasteiger partial charge is 0.244 e. The Morgan fingerprint density at radius 3 is 2.62 bits per heavy atom. The Hall–Kier alpha value is -0.700. The van der Waals surface area contributed by atoms with Gasteiger partial charge < -0.3 is 9.88 Å². The summed E-state index contributed by atoms with van der Waals surface area (Å²) in [6.07, 6.45) is 2.70. The molecule has 120 valence electrons. The summed E-state index contributed by atoms with van der Waals surface area (Å²) in [5.41, 5.74) is 0.947. The lowest BCUT2D eigenvalue weighted by Gasteiger charge is -2.24. The monoisotopic (exact) mass is 333 g/mol. The zero-order chi connectivity index (χ0) is 15.5. The third-order valence-corrected chi connectivity index (χ3v) is 6.73. The molecule has 8 heteroatoms. The van der Waals surface area contributed by atoms with Crippen LogP contribution in [0.5, 0.6) is 0 Å². The number of nitrogens with zero attached hydrogens (tertiary/aromatic N) is 2. The molecule has 0 bridgehead atoms. The average Bonchev–Trinajstić information content (AvgIpc) is 2.82. The van der Waals surface area contributed by atoms with Crippen molar-refractivity contribution in [1.82, 2.24) is 14.2 Å². The van der Waals surface area contributed by atoms with Gasteiger partial charge in [-0.15, -0.1) is 0 Å². The van der Waals surface area contributed by atoms with Crippen molar-refractivity contribution in [2.45, 2.75) is 24.8 Å². The van der Waals surface area contributed by atoms with Crippen molar-refractivity contribution >= 4 is 20.8 Å². The van der Waals surface area contributed by atoms with Crippen LogP contribution in [-0.2, 0) is 34.4 Å². The van der Waals surface area contributed by atoms with Crippen molar-refractivity contribution in [3.63, 3.8) is 0 Å². The van der Waals surface area contributed by atoms with E-state index in [0.29, 0.717) is 36.0 Å². The predicted molar refractivity (Wildman–Crippen MR) is 84.0 cm³/mol. The van der Waals surface area contributed by atoms with Crippen molar-refractivity contribution in [3.8, 4) is 0 Å². The summed E-state index contributed by atoms with van der Waals surface area (Å²) in [7, 11) is -2.49. The molecule has 0 atom stereocenters. The van der Waals surface area contributed by atoms with E-state index in [4.69, 9.17) is 0 Å². The van der Waals surface area contributed by atoms with Crippen molar-refractivity contribution in [1.29, 1.82) is 0 Å². The van der Waals surface area contributed by atoms with Crippen molar-refractivity contribution in [2.24, 2.45) is 7.05 Å². The van der Waals surface area contributed by atoms with Crippen LogP contribution >= 0.6 is 0 Å². The zero-order valence-corrected chi connectivity index (χ0v) is 14.2. The van der Waals surface area contributed by atoms with Gasteiger partial charge in [0, 0.05) is 60.9 Å². The standard InChI is InChI=1S/C13H23N3O3S2/c1-3-4-14-10-12-9-13(11-15(12)2)21(18,19)16-5-7-20(17)8-6-16/h9,11,14H,3-8,10H2,1-2H3. The van der Waals surface area contributed by atoms with Crippen molar-refractivity contribution in [3.05, 3.63) is 18.0 Å². The number of rotatable bonds is 6. The van der Waals surface area contributed by atoms with Gasteiger partial charge in [-0.3, -0.25) is 4.21 Å². The summed E-state index contributed by atoms with van der Waals surface area (Å²) in [5.74, 6) is 0.855. The number of aromatic nitrogens is 1. The molecule has 21 heavy (non-hydrogen) atoms. The molecule has 2 heterocycles. The number of sulfonamides is 1. The van der Waals surface area contributed by atoms with Crippen LogP contribution in [0.1, 0.15) is 19.0 Å². The molecule has 1 aromatic heterocycles. The van der Waals surface area contributed by atoms with Crippen LogP contribution in [0.3, 0.4) is 0 Å². The van der Waals surface area contributed by atoms with Crippen LogP contribution in [0, 0.1) is 0 Å². The molecule has 0 saturated carbocycles. The first-order chi connectivity index (χ1) is 9.95. The Kier molecular flexibility index (Phi) is 5.59. The van der Waals surface area contributed by atoms with Gasteiger partial charge in [0.2, 0.25) is 10.0 Å². The minimum absolute atomic E-state index is 0.325. The lowest BCUT2D eigenvalue weighted by molar-refractivity contribution is 0.438. The fraction of sp³-hybridized carbons (Fsp3) is 0.692. The number of hydrogen-bond donors (Lipinski definition) is 1. The fourth-order valence-electron chi connectivity index (χ4n) is 2.30. The molecule has 1 aromatic rings. The summed E-state index contributed by atoms with van der Waals surface area (Å²) in [4.78, 5) is 0.325. The van der Waals surface area contributed by atoms with E-state index in [1.165, 1.54) is 4.31 Å². The van der Waals surface area contributed by atoms with Gasteiger partial charge >= 0.3 is 0 Å². The van der Waals surface area contributed by atoms with Crippen LogP contribution in [0.15, 0.2) is 17.2 Å². The van der Waals surface area contributed by atoms with Crippen LogP contribution in [0.2, 0.25) is 0 Å². The highest BCUT2D eigenvalue weighted by Gasteiger charge is 2.29. The van der Waals surface area contributed by atoms with Gasteiger partial charge in [-0.05, 0) is 19.0 Å². The van der Waals surface area contributed by atoms with E-state index in [0.717, 1.165) is 18.7 Å². The maximum Gasteiger partial charge on any atom is 0.244 e. The first-order valence-electron chi connectivity index (χ1n) is 7.16. The summed E-state index contributed by atoms with van der Waals surface area (Å²) < 4.78 is 39.8. The Morgan fingerprint density at radius 2 is 2.00 bits per heavy atom. The largest absolute Gasteiger partial charge is 0.352 e. The van der Waals surface area contributed by atoms with Crippen molar-refractivity contribution in [2.75, 3.05) is 31.1 Å². The van der Waals surface area contributed by atoms with Gasteiger partial charge in [0.25, 0.3) is 0 Å². The Balaban J connectivity index is 2.13. The van der Waals surface area contributed by atoms with Gasteiger partial charge in [-0.25, -0.2) is 8.42 Å². The number of aryl methyl sites for hydroxylation is 1.